The van der Waals surface area contributed by atoms with Crippen LogP contribution in [0.3, 0.4) is 0 Å². The van der Waals surface area contributed by atoms with Crippen LogP contribution in [0.1, 0.15) is 49.9 Å². The highest BCUT2D eigenvalue weighted by atomic mass is 16.5. The summed E-state index contributed by atoms with van der Waals surface area (Å²) in [6, 6.07) is 9.06. The molecule has 0 aromatic heterocycles. The minimum Gasteiger partial charge on any atom is -0.504 e. The van der Waals surface area contributed by atoms with Crippen LogP contribution in [0, 0.1) is 18.3 Å². The predicted molar refractivity (Wildman–Crippen MR) is 177 cm³/mol. The van der Waals surface area contributed by atoms with Crippen LogP contribution in [0.4, 0.5) is 10.5 Å². The van der Waals surface area contributed by atoms with Crippen molar-refractivity contribution < 1.29 is 29.0 Å². The fourth-order valence-corrected chi connectivity index (χ4v) is 8.01. The molecule has 6 atom stereocenters. The van der Waals surface area contributed by atoms with Gasteiger partial charge in [0.15, 0.2) is 23.1 Å². The second-order valence-corrected chi connectivity index (χ2v) is 13.1. The fourth-order valence-electron chi connectivity index (χ4n) is 8.01. The summed E-state index contributed by atoms with van der Waals surface area (Å²) in [5.41, 5.74) is 4.30. The van der Waals surface area contributed by atoms with E-state index in [-0.39, 0.29) is 41.9 Å². The quantitative estimate of drug-likeness (QED) is 0.344. The topological polar surface area (TPSA) is 164 Å². The highest BCUT2D eigenvalue weighted by Crippen LogP contribution is 2.53. The SMILES string of the molecule is COc1c(C)cc2c(c1O)[C@H]1[C@@H]3CC4=C(C(=O)C(C)=C(C)C4=O)[C@H](CNC(=O)[C@H](C)NC(=O)Nc4ccccc4)N3[C@@H](C#N)[C@@H](C2)N1C. The number of amides is 3. The van der Waals surface area contributed by atoms with E-state index in [9.17, 15) is 29.5 Å². The third-order valence-electron chi connectivity index (χ3n) is 10.5. The van der Waals surface area contributed by atoms with Crippen molar-refractivity contribution >= 4 is 29.2 Å². The van der Waals surface area contributed by atoms with Gasteiger partial charge >= 0.3 is 6.03 Å². The van der Waals surface area contributed by atoms with Gasteiger partial charge < -0.3 is 25.8 Å². The minimum absolute atomic E-state index is 0.0226. The molecule has 0 unspecified atom stereocenters. The number of carbonyl (C=O) groups excluding carboxylic acids is 4. The van der Waals surface area contributed by atoms with Crippen molar-refractivity contribution in [2.45, 2.75) is 76.8 Å². The third-order valence-corrected chi connectivity index (χ3v) is 10.5. The molecule has 250 valence electrons. The number of hydrogen-bond acceptors (Lipinski definition) is 9. The number of nitriles is 1. The zero-order valence-corrected chi connectivity index (χ0v) is 27.9. The van der Waals surface area contributed by atoms with Crippen molar-refractivity contribution in [3.63, 3.8) is 0 Å². The molecule has 1 saturated heterocycles. The number of urea groups is 1. The van der Waals surface area contributed by atoms with Crippen molar-refractivity contribution in [1.29, 1.82) is 5.26 Å². The summed E-state index contributed by atoms with van der Waals surface area (Å²) in [5, 5.41) is 30.5. The van der Waals surface area contributed by atoms with Gasteiger partial charge in [-0.25, -0.2) is 4.79 Å². The second-order valence-electron chi connectivity index (χ2n) is 13.1. The number of likely N-dealkylation sites (N-methyl/N-ethyl adjacent to an activating group) is 1. The molecule has 3 heterocycles. The number of ketones is 2. The largest absolute Gasteiger partial charge is 0.504 e. The Morgan fingerprint density at radius 3 is 2.44 bits per heavy atom. The van der Waals surface area contributed by atoms with E-state index >= 15 is 0 Å². The first-order valence-electron chi connectivity index (χ1n) is 16.1. The van der Waals surface area contributed by atoms with Gasteiger partial charge in [-0.1, -0.05) is 24.3 Å². The Bertz CT molecular complexity index is 1830. The number of allylic oxidation sites excluding steroid dienone is 2. The van der Waals surface area contributed by atoms with E-state index in [1.54, 1.807) is 45.0 Å². The lowest BCUT2D eigenvalue weighted by molar-refractivity contribution is -0.124. The van der Waals surface area contributed by atoms with Gasteiger partial charge in [-0.3, -0.25) is 24.2 Å². The Morgan fingerprint density at radius 1 is 1.08 bits per heavy atom. The number of anilines is 1. The van der Waals surface area contributed by atoms with Gasteiger partial charge in [-0.05, 0) is 70.8 Å². The number of ether oxygens (including phenoxy) is 1. The van der Waals surface area contributed by atoms with Gasteiger partial charge in [-0.15, -0.1) is 0 Å². The number of hydrogen-bond donors (Lipinski definition) is 4. The molecule has 2 bridgehead atoms. The number of aryl methyl sites for hydroxylation is 1. The van der Waals surface area contributed by atoms with E-state index in [0.717, 1.165) is 11.1 Å². The average Bonchev–Trinajstić information content (AvgIpc) is 3.05. The molecule has 0 spiro atoms. The highest BCUT2D eigenvalue weighted by Gasteiger charge is 2.57. The Hall–Kier alpha value is -4.99. The fraction of sp³-hybridized carbons (Fsp3) is 0.417. The maximum Gasteiger partial charge on any atom is 0.319 e. The van der Waals surface area contributed by atoms with E-state index in [2.05, 4.69) is 26.9 Å². The first-order chi connectivity index (χ1) is 22.9. The number of benzene rings is 2. The molecule has 2 aromatic rings. The number of para-hydroxylation sites is 1. The summed E-state index contributed by atoms with van der Waals surface area (Å²) < 4.78 is 5.57. The Kier molecular flexibility index (Phi) is 8.62. The highest BCUT2D eigenvalue weighted by molar-refractivity contribution is 6.25. The molecule has 0 radical (unpaired) electrons. The van der Waals surface area contributed by atoms with Gasteiger partial charge in [0.25, 0.3) is 0 Å². The maximum atomic E-state index is 14.0. The average molecular weight is 653 g/mol. The summed E-state index contributed by atoms with van der Waals surface area (Å²) in [6.07, 6.45) is 0.650. The lowest BCUT2D eigenvalue weighted by Gasteiger charge is -2.60. The molecular weight excluding hydrogens is 612 g/mol. The van der Waals surface area contributed by atoms with E-state index in [0.29, 0.717) is 40.1 Å². The Morgan fingerprint density at radius 2 is 1.77 bits per heavy atom. The first-order valence-corrected chi connectivity index (χ1v) is 16.1. The number of phenolic OH excluding ortho intramolecular Hbond substituents is 1. The van der Waals surface area contributed by atoms with E-state index in [1.807, 2.05) is 31.0 Å². The van der Waals surface area contributed by atoms with Crippen LogP contribution in [0.15, 0.2) is 58.7 Å². The number of fused-ring (bicyclic) bond motifs is 6. The predicted octanol–water partition coefficient (Wildman–Crippen LogP) is 3.07. The number of nitrogens with one attached hydrogen (secondary N) is 3. The van der Waals surface area contributed by atoms with Crippen LogP contribution in [0.25, 0.3) is 0 Å². The summed E-state index contributed by atoms with van der Waals surface area (Å²) in [4.78, 5) is 57.9. The first kappa shape index (κ1) is 32.9. The van der Waals surface area contributed by atoms with Crippen LogP contribution in [0.2, 0.25) is 0 Å². The molecule has 4 N–H and O–H groups in total. The molecule has 4 aliphatic rings. The molecule has 6 rings (SSSR count). The molecule has 0 saturated carbocycles. The number of methoxy groups -OCH3 is 1. The van der Waals surface area contributed by atoms with Crippen molar-refractivity contribution in [2.24, 2.45) is 0 Å². The summed E-state index contributed by atoms with van der Waals surface area (Å²) in [7, 11) is 3.42. The molecule has 1 aliphatic carbocycles. The molecule has 48 heavy (non-hydrogen) atoms. The smallest absolute Gasteiger partial charge is 0.319 e. The van der Waals surface area contributed by atoms with Crippen LogP contribution in [0.5, 0.6) is 11.5 Å². The molecule has 3 amide bonds. The molecule has 2 aromatic carbocycles. The van der Waals surface area contributed by atoms with E-state index in [1.165, 1.54) is 7.11 Å². The monoisotopic (exact) mass is 652 g/mol. The lowest BCUT2D eigenvalue weighted by Crippen LogP contribution is -2.71. The van der Waals surface area contributed by atoms with Gasteiger partial charge in [0.2, 0.25) is 5.91 Å². The van der Waals surface area contributed by atoms with Crippen molar-refractivity contribution in [3.05, 3.63) is 75.4 Å². The second kappa shape index (κ2) is 12.6. The van der Waals surface area contributed by atoms with Gasteiger partial charge in [0, 0.05) is 52.2 Å². The Balaban J connectivity index is 1.37. The van der Waals surface area contributed by atoms with Crippen molar-refractivity contribution in [3.8, 4) is 17.6 Å². The number of aromatic hydroxyl groups is 1. The van der Waals surface area contributed by atoms with Crippen LogP contribution >= 0.6 is 0 Å². The minimum atomic E-state index is -0.938. The van der Waals surface area contributed by atoms with E-state index < -0.39 is 42.1 Å². The molecule has 12 heteroatoms. The number of carbonyl (C=O) groups is 4. The summed E-state index contributed by atoms with van der Waals surface area (Å²) in [5.74, 6) is -0.619. The van der Waals surface area contributed by atoms with Crippen molar-refractivity contribution in [1.82, 2.24) is 20.4 Å². The van der Waals surface area contributed by atoms with Crippen LogP contribution < -0.4 is 20.7 Å². The third kappa shape index (κ3) is 5.23. The van der Waals surface area contributed by atoms with Gasteiger partial charge in [0.1, 0.15) is 12.1 Å². The van der Waals surface area contributed by atoms with Crippen molar-refractivity contribution in [2.75, 3.05) is 26.0 Å². The number of Topliss-reactive ketones (excluding diaryl/α,β-unsaturated/α-hetero) is 2. The van der Waals surface area contributed by atoms with Crippen LogP contribution in [-0.2, 0) is 20.8 Å². The summed E-state index contributed by atoms with van der Waals surface area (Å²) in [6.45, 7) is 6.60. The zero-order valence-electron chi connectivity index (χ0n) is 27.9. The normalized spacial score (nSPS) is 25.7. The molecular formula is C36H40N6O6. The van der Waals surface area contributed by atoms with Crippen LogP contribution in [-0.4, -0.2) is 89.3 Å². The summed E-state index contributed by atoms with van der Waals surface area (Å²) >= 11 is 0. The number of phenols is 1. The van der Waals surface area contributed by atoms with Gasteiger partial charge in [0.05, 0.1) is 25.3 Å². The standard InChI is InChI=1S/C36H40N6O6/c1-17-12-21-13-24-26(15-37)42-25(30(41(24)5)28(21)33(45)34(17)48-6)14-23-29(32(44)19(3)18(2)31(23)43)27(42)16-38-35(46)20(4)39-36(47)40-22-10-8-7-9-11-22/h7-12,20,24-27,30,45H,13-14,16H2,1-6H3,(H,38,46)(H2,39,40,47)/t20-,24+,25-,26-,27-,30+/m0/s1. The lowest BCUT2D eigenvalue weighted by atomic mass is 9.69. The maximum absolute atomic E-state index is 14.0. The number of piperazine rings is 1. The Labute approximate surface area is 279 Å². The van der Waals surface area contributed by atoms with Gasteiger partial charge in [-0.2, -0.15) is 5.26 Å². The van der Waals surface area contributed by atoms with E-state index in [4.69, 9.17) is 4.74 Å². The zero-order chi connectivity index (χ0) is 34.6. The number of rotatable bonds is 6. The molecule has 12 nitrogen and oxygen atoms in total. The molecule has 3 aliphatic heterocycles. The molecule has 1 fully saturated rings. The number of nitrogens with zero attached hydrogens (tertiary/aromatic N) is 3.